The Morgan fingerprint density at radius 1 is 1.48 bits per heavy atom. The smallest absolute Gasteiger partial charge is 0.211 e. The molecule has 1 heterocycles. The van der Waals surface area contributed by atoms with Crippen LogP contribution in [-0.4, -0.2) is 38.6 Å². The zero-order chi connectivity index (χ0) is 15.5. The lowest BCUT2D eigenvalue weighted by Gasteiger charge is -2.32. The number of sulfonamides is 1. The fraction of sp³-hybridized carbons (Fsp3) is 0.600. The quantitative estimate of drug-likeness (QED) is 0.903. The van der Waals surface area contributed by atoms with Crippen LogP contribution in [0.4, 0.5) is 4.39 Å². The summed E-state index contributed by atoms with van der Waals surface area (Å²) in [6.45, 7) is 1.59. The minimum Gasteiger partial charge on any atom is -0.330 e. The zero-order valence-electron chi connectivity index (χ0n) is 12.3. The molecule has 1 saturated heterocycles. The first-order valence-corrected chi connectivity index (χ1v) is 9.15. The molecule has 21 heavy (non-hydrogen) atoms. The lowest BCUT2D eigenvalue weighted by molar-refractivity contribution is 0.247. The number of benzene rings is 1. The van der Waals surface area contributed by atoms with Crippen molar-refractivity contribution < 1.29 is 12.8 Å². The van der Waals surface area contributed by atoms with Gasteiger partial charge in [0, 0.05) is 13.1 Å². The van der Waals surface area contributed by atoms with Crippen molar-refractivity contribution in [3.05, 3.63) is 35.6 Å². The first-order valence-electron chi connectivity index (χ1n) is 7.31. The lowest BCUT2D eigenvalue weighted by Crippen LogP contribution is -2.39. The SMILES string of the molecule is CS(=O)(=O)N1CCCC(CC(CN)c2cccc(F)c2)C1. The highest BCUT2D eigenvalue weighted by Gasteiger charge is 2.27. The molecule has 0 amide bonds. The number of halogens is 1. The van der Waals surface area contributed by atoms with Gasteiger partial charge in [0.2, 0.25) is 10.0 Å². The minimum atomic E-state index is -3.13. The van der Waals surface area contributed by atoms with E-state index in [-0.39, 0.29) is 17.7 Å². The van der Waals surface area contributed by atoms with E-state index in [1.54, 1.807) is 10.4 Å². The van der Waals surface area contributed by atoms with Crippen LogP contribution in [0, 0.1) is 11.7 Å². The van der Waals surface area contributed by atoms with E-state index in [2.05, 4.69) is 0 Å². The lowest BCUT2D eigenvalue weighted by atomic mass is 9.85. The number of piperidine rings is 1. The second kappa shape index (κ2) is 6.85. The van der Waals surface area contributed by atoms with Crippen molar-refractivity contribution in [3.8, 4) is 0 Å². The van der Waals surface area contributed by atoms with Gasteiger partial charge in [0.1, 0.15) is 5.82 Å². The topological polar surface area (TPSA) is 63.4 Å². The van der Waals surface area contributed by atoms with E-state index in [1.165, 1.54) is 18.4 Å². The Labute approximate surface area is 126 Å². The van der Waals surface area contributed by atoms with E-state index < -0.39 is 10.0 Å². The molecular formula is C15H23FN2O2S. The fourth-order valence-electron chi connectivity index (χ4n) is 3.05. The second-order valence-electron chi connectivity index (χ2n) is 5.85. The third kappa shape index (κ3) is 4.49. The van der Waals surface area contributed by atoms with Crippen molar-refractivity contribution in [1.82, 2.24) is 4.31 Å². The van der Waals surface area contributed by atoms with Gasteiger partial charge >= 0.3 is 0 Å². The monoisotopic (exact) mass is 314 g/mol. The molecule has 0 radical (unpaired) electrons. The van der Waals surface area contributed by atoms with E-state index in [0.717, 1.165) is 24.8 Å². The average Bonchev–Trinajstić information content (AvgIpc) is 2.44. The van der Waals surface area contributed by atoms with Crippen LogP contribution in [0.5, 0.6) is 0 Å². The maximum Gasteiger partial charge on any atom is 0.211 e. The van der Waals surface area contributed by atoms with Crippen molar-refractivity contribution in [2.24, 2.45) is 11.7 Å². The van der Waals surface area contributed by atoms with Crippen LogP contribution < -0.4 is 5.73 Å². The normalized spacial score (nSPS) is 22.1. The molecule has 0 aliphatic carbocycles. The third-order valence-electron chi connectivity index (χ3n) is 4.17. The summed E-state index contributed by atoms with van der Waals surface area (Å²) < 4.78 is 38.2. The Morgan fingerprint density at radius 3 is 2.86 bits per heavy atom. The highest BCUT2D eigenvalue weighted by molar-refractivity contribution is 7.88. The number of nitrogens with two attached hydrogens (primary N) is 1. The molecule has 1 aliphatic rings. The number of nitrogens with zero attached hydrogens (tertiary/aromatic N) is 1. The third-order valence-corrected chi connectivity index (χ3v) is 5.44. The molecule has 4 nitrogen and oxygen atoms in total. The fourth-order valence-corrected chi connectivity index (χ4v) is 3.99. The molecule has 0 saturated carbocycles. The van der Waals surface area contributed by atoms with E-state index >= 15 is 0 Å². The van der Waals surface area contributed by atoms with Crippen LogP contribution in [0.3, 0.4) is 0 Å². The van der Waals surface area contributed by atoms with E-state index in [4.69, 9.17) is 5.73 Å². The Balaban J connectivity index is 2.05. The minimum absolute atomic E-state index is 0.0743. The van der Waals surface area contributed by atoms with Crippen molar-refractivity contribution in [2.75, 3.05) is 25.9 Å². The summed E-state index contributed by atoms with van der Waals surface area (Å²) in [6.07, 6.45) is 3.92. The Kier molecular flexibility index (Phi) is 5.35. The number of hydrogen-bond acceptors (Lipinski definition) is 3. The summed E-state index contributed by atoms with van der Waals surface area (Å²) in [6, 6.07) is 6.52. The first-order chi connectivity index (χ1) is 9.90. The van der Waals surface area contributed by atoms with Gasteiger partial charge in [0.15, 0.2) is 0 Å². The Bertz CT molecular complexity index is 577. The molecule has 0 bridgehead atoms. The summed E-state index contributed by atoms with van der Waals surface area (Å²) in [7, 11) is -3.13. The molecule has 2 rings (SSSR count). The second-order valence-corrected chi connectivity index (χ2v) is 7.84. The molecule has 1 aromatic carbocycles. The van der Waals surface area contributed by atoms with Crippen LogP contribution in [0.2, 0.25) is 0 Å². The van der Waals surface area contributed by atoms with Crippen molar-refractivity contribution in [1.29, 1.82) is 0 Å². The van der Waals surface area contributed by atoms with Crippen LogP contribution in [0.15, 0.2) is 24.3 Å². The molecule has 1 aliphatic heterocycles. The molecule has 2 N–H and O–H groups in total. The van der Waals surface area contributed by atoms with Gasteiger partial charge in [-0.25, -0.2) is 17.1 Å². The van der Waals surface area contributed by atoms with Crippen LogP contribution in [-0.2, 0) is 10.0 Å². The predicted molar refractivity (Wildman–Crippen MR) is 82.0 cm³/mol. The predicted octanol–water partition coefficient (Wildman–Crippen LogP) is 1.93. The van der Waals surface area contributed by atoms with Gasteiger partial charge in [-0.1, -0.05) is 12.1 Å². The van der Waals surface area contributed by atoms with Gasteiger partial charge in [0.25, 0.3) is 0 Å². The summed E-state index contributed by atoms with van der Waals surface area (Å²) in [5, 5.41) is 0. The first kappa shape index (κ1) is 16.4. The summed E-state index contributed by atoms with van der Waals surface area (Å²) in [5.41, 5.74) is 6.74. The average molecular weight is 314 g/mol. The summed E-state index contributed by atoms with van der Waals surface area (Å²) >= 11 is 0. The van der Waals surface area contributed by atoms with Crippen molar-refractivity contribution in [3.63, 3.8) is 0 Å². The summed E-state index contributed by atoms with van der Waals surface area (Å²) in [4.78, 5) is 0. The molecule has 118 valence electrons. The highest BCUT2D eigenvalue weighted by atomic mass is 32.2. The van der Waals surface area contributed by atoms with Crippen molar-refractivity contribution >= 4 is 10.0 Å². The number of hydrogen-bond donors (Lipinski definition) is 1. The standard InChI is InChI=1S/C15H23FN2O2S/c1-21(19,20)18-7-3-4-12(11-18)8-14(10-17)13-5-2-6-15(16)9-13/h2,5-6,9,12,14H,3-4,7-8,10-11,17H2,1H3. The van der Waals surface area contributed by atoms with Gasteiger partial charge < -0.3 is 5.73 Å². The maximum atomic E-state index is 13.3. The Hall–Kier alpha value is -0.980. The van der Waals surface area contributed by atoms with Gasteiger partial charge in [0.05, 0.1) is 6.26 Å². The molecule has 0 spiro atoms. The van der Waals surface area contributed by atoms with E-state index in [1.807, 2.05) is 6.07 Å². The highest BCUT2D eigenvalue weighted by Crippen LogP contribution is 2.29. The van der Waals surface area contributed by atoms with Gasteiger partial charge in [-0.2, -0.15) is 0 Å². The van der Waals surface area contributed by atoms with Crippen LogP contribution in [0.1, 0.15) is 30.7 Å². The van der Waals surface area contributed by atoms with E-state index in [9.17, 15) is 12.8 Å². The Morgan fingerprint density at radius 2 is 2.24 bits per heavy atom. The number of rotatable bonds is 5. The van der Waals surface area contributed by atoms with Crippen LogP contribution >= 0.6 is 0 Å². The summed E-state index contributed by atoms with van der Waals surface area (Å²) in [5.74, 6) is 0.0999. The molecule has 0 aromatic heterocycles. The van der Waals surface area contributed by atoms with Crippen molar-refractivity contribution in [2.45, 2.75) is 25.2 Å². The van der Waals surface area contributed by atoms with Crippen LogP contribution in [0.25, 0.3) is 0 Å². The molecule has 2 unspecified atom stereocenters. The largest absolute Gasteiger partial charge is 0.330 e. The van der Waals surface area contributed by atoms with Gasteiger partial charge in [-0.3, -0.25) is 0 Å². The molecule has 1 aromatic rings. The van der Waals surface area contributed by atoms with Gasteiger partial charge in [-0.15, -0.1) is 0 Å². The molecule has 6 heteroatoms. The zero-order valence-corrected chi connectivity index (χ0v) is 13.2. The molecular weight excluding hydrogens is 291 g/mol. The van der Waals surface area contributed by atoms with E-state index in [0.29, 0.717) is 19.6 Å². The molecule has 1 fully saturated rings. The maximum absolute atomic E-state index is 13.3. The van der Waals surface area contributed by atoms with Gasteiger partial charge in [-0.05, 0) is 55.3 Å². The molecule has 2 atom stereocenters.